The van der Waals surface area contributed by atoms with E-state index < -0.39 is 0 Å². The Labute approximate surface area is 89.1 Å². The van der Waals surface area contributed by atoms with E-state index in [0.717, 1.165) is 19.5 Å². The van der Waals surface area contributed by atoms with Crippen LogP contribution < -0.4 is 10.6 Å². The molecule has 0 atom stereocenters. The summed E-state index contributed by atoms with van der Waals surface area (Å²) >= 11 is 0. The fourth-order valence-corrected chi connectivity index (χ4v) is 1.11. The molecule has 84 valence electrons. The number of nitrogens with one attached hydrogen (secondary N) is 2. The monoisotopic (exact) mass is 211 g/mol. The zero-order valence-corrected chi connectivity index (χ0v) is 8.94. The summed E-state index contributed by atoms with van der Waals surface area (Å²) in [5.74, 6) is -0.0428. The molecule has 6 heteroatoms. The number of aromatic nitrogens is 3. The van der Waals surface area contributed by atoms with Gasteiger partial charge in [-0.2, -0.15) is 5.10 Å². The third kappa shape index (κ3) is 5.11. The lowest BCUT2D eigenvalue weighted by atomic mass is 10.4. The lowest BCUT2D eigenvalue weighted by Gasteiger charge is -2.05. The van der Waals surface area contributed by atoms with E-state index in [4.69, 9.17) is 0 Å². The van der Waals surface area contributed by atoms with Crippen molar-refractivity contribution in [3.05, 3.63) is 12.7 Å². The quantitative estimate of drug-likeness (QED) is 0.590. The third-order valence-electron chi connectivity index (χ3n) is 1.82. The second-order valence-corrected chi connectivity index (χ2v) is 3.19. The number of hydrogen-bond donors (Lipinski definition) is 2. The molecule has 0 bridgehead atoms. The Kier molecular flexibility index (Phi) is 5.39. The molecule has 1 aromatic rings. The summed E-state index contributed by atoms with van der Waals surface area (Å²) in [6, 6.07) is 0. The van der Waals surface area contributed by atoms with Crippen LogP contribution in [0.5, 0.6) is 0 Å². The SMILES string of the molecule is CCCNCCNC(=O)Cn1cncn1. The maximum absolute atomic E-state index is 11.3. The molecule has 0 aromatic carbocycles. The van der Waals surface area contributed by atoms with Crippen LogP contribution in [0.25, 0.3) is 0 Å². The van der Waals surface area contributed by atoms with Crippen LogP contribution in [0.1, 0.15) is 13.3 Å². The van der Waals surface area contributed by atoms with Crippen LogP contribution >= 0.6 is 0 Å². The van der Waals surface area contributed by atoms with Crippen molar-refractivity contribution in [3.8, 4) is 0 Å². The van der Waals surface area contributed by atoms with Crippen molar-refractivity contribution < 1.29 is 4.79 Å². The van der Waals surface area contributed by atoms with Gasteiger partial charge in [0.25, 0.3) is 0 Å². The highest BCUT2D eigenvalue weighted by atomic mass is 16.2. The smallest absolute Gasteiger partial charge is 0.241 e. The maximum Gasteiger partial charge on any atom is 0.241 e. The molecule has 0 aliphatic carbocycles. The summed E-state index contributed by atoms with van der Waals surface area (Å²) in [5, 5.41) is 9.83. The first kappa shape index (κ1) is 11.6. The van der Waals surface area contributed by atoms with E-state index in [9.17, 15) is 4.79 Å². The summed E-state index contributed by atoms with van der Waals surface area (Å²) in [5.41, 5.74) is 0. The van der Waals surface area contributed by atoms with Gasteiger partial charge in [-0.25, -0.2) is 9.67 Å². The molecule has 2 N–H and O–H groups in total. The summed E-state index contributed by atoms with van der Waals surface area (Å²) in [6.45, 7) is 4.77. The van der Waals surface area contributed by atoms with E-state index >= 15 is 0 Å². The van der Waals surface area contributed by atoms with Gasteiger partial charge in [0.2, 0.25) is 5.91 Å². The Bertz CT molecular complexity index is 272. The summed E-state index contributed by atoms with van der Waals surface area (Å²) in [6.07, 6.45) is 4.04. The van der Waals surface area contributed by atoms with Crippen molar-refractivity contribution in [1.82, 2.24) is 25.4 Å². The van der Waals surface area contributed by atoms with E-state index in [1.54, 1.807) is 0 Å². The Morgan fingerprint density at radius 1 is 1.40 bits per heavy atom. The van der Waals surface area contributed by atoms with Crippen LogP contribution in [0.2, 0.25) is 0 Å². The van der Waals surface area contributed by atoms with Crippen LogP contribution in [0, 0.1) is 0 Å². The molecular weight excluding hydrogens is 194 g/mol. The minimum Gasteiger partial charge on any atom is -0.353 e. The first-order valence-electron chi connectivity index (χ1n) is 5.12. The first-order valence-corrected chi connectivity index (χ1v) is 5.12. The van der Waals surface area contributed by atoms with Crippen molar-refractivity contribution >= 4 is 5.91 Å². The van der Waals surface area contributed by atoms with Gasteiger partial charge in [0.05, 0.1) is 0 Å². The number of hydrogen-bond acceptors (Lipinski definition) is 4. The normalized spacial score (nSPS) is 10.2. The molecule has 6 nitrogen and oxygen atoms in total. The van der Waals surface area contributed by atoms with E-state index in [1.807, 2.05) is 0 Å². The molecule has 0 aliphatic rings. The number of nitrogens with zero attached hydrogens (tertiary/aromatic N) is 3. The van der Waals surface area contributed by atoms with Crippen LogP contribution in [0.15, 0.2) is 12.7 Å². The van der Waals surface area contributed by atoms with Crippen LogP contribution in [0.4, 0.5) is 0 Å². The van der Waals surface area contributed by atoms with Gasteiger partial charge >= 0.3 is 0 Å². The number of amides is 1. The van der Waals surface area contributed by atoms with Gasteiger partial charge in [0.1, 0.15) is 19.2 Å². The predicted molar refractivity (Wildman–Crippen MR) is 56.2 cm³/mol. The Hall–Kier alpha value is -1.43. The highest BCUT2D eigenvalue weighted by Crippen LogP contribution is 1.79. The fraction of sp³-hybridized carbons (Fsp3) is 0.667. The predicted octanol–water partition coefficient (Wildman–Crippen LogP) is -0.606. The van der Waals surface area contributed by atoms with Gasteiger partial charge < -0.3 is 10.6 Å². The van der Waals surface area contributed by atoms with Crippen molar-refractivity contribution in [2.24, 2.45) is 0 Å². The van der Waals surface area contributed by atoms with Crippen LogP contribution in [-0.2, 0) is 11.3 Å². The topological polar surface area (TPSA) is 71.8 Å². The number of carbonyl (C=O) groups is 1. The van der Waals surface area contributed by atoms with Crippen molar-refractivity contribution in [2.75, 3.05) is 19.6 Å². The average Bonchev–Trinajstić information content (AvgIpc) is 2.70. The molecular formula is C9H17N5O. The van der Waals surface area contributed by atoms with Crippen LogP contribution in [0.3, 0.4) is 0 Å². The minimum absolute atomic E-state index is 0.0428. The summed E-state index contributed by atoms with van der Waals surface area (Å²) in [7, 11) is 0. The molecule has 1 heterocycles. The third-order valence-corrected chi connectivity index (χ3v) is 1.82. The molecule has 0 aliphatic heterocycles. The zero-order valence-electron chi connectivity index (χ0n) is 8.94. The standard InChI is InChI=1S/C9H17N5O/c1-2-3-10-4-5-12-9(15)6-14-8-11-7-13-14/h7-8,10H,2-6H2,1H3,(H,12,15). The summed E-state index contributed by atoms with van der Waals surface area (Å²) < 4.78 is 1.49. The molecule has 0 unspecified atom stereocenters. The Morgan fingerprint density at radius 2 is 2.27 bits per heavy atom. The number of rotatable bonds is 7. The molecule has 0 fully saturated rings. The molecule has 0 saturated heterocycles. The molecule has 0 radical (unpaired) electrons. The molecule has 0 spiro atoms. The van der Waals surface area contributed by atoms with E-state index in [-0.39, 0.29) is 12.5 Å². The molecule has 1 aromatic heterocycles. The van der Waals surface area contributed by atoms with Gasteiger partial charge in [0, 0.05) is 13.1 Å². The van der Waals surface area contributed by atoms with Crippen LogP contribution in [-0.4, -0.2) is 40.3 Å². The highest BCUT2D eigenvalue weighted by molar-refractivity contribution is 5.75. The van der Waals surface area contributed by atoms with E-state index in [0.29, 0.717) is 6.54 Å². The first-order chi connectivity index (χ1) is 7.33. The van der Waals surface area contributed by atoms with E-state index in [1.165, 1.54) is 17.3 Å². The summed E-state index contributed by atoms with van der Waals surface area (Å²) in [4.78, 5) is 15.1. The lowest BCUT2D eigenvalue weighted by molar-refractivity contribution is -0.121. The zero-order chi connectivity index (χ0) is 10.9. The molecule has 1 amide bonds. The van der Waals surface area contributed by atoms with Gasteiger partial charge in [0.15, 0.2) is 0 Å². The van der Waals surface area contributed by atoms with Gasteiger partial charge in [-0.15, -0.1) is 0 Å². The number of carbonyl (C=O) groups excluding carboxylic acids is 1. The molecule has 0 saturated carbocycles. The highest BCUT2D eigenvalue weighted by Gasteiger charge is 2.01. The van der Waals surface area contributed by atoms with E-state index in [2.05, 4.69) is 27.6 Å². The largest absolute Gasteiger partial charge is 0.353 e. The lowest BCUT2D eigenvalue weighted by Crippen LogP contribution is -2.34. The Morgan fingerprint density at radius 3 is 2.93 bits per heavy atom. The van der Waals surface area contributed by atoms with Gasteiger partial charge in [-0.1, -0.05) is 6.92 Å². The fourth-order valence-electron chi connectivity index (χ4n) is 1.11. The van der Waals surface area contributed by atoms with Crippen molar-refractivity contribution in [3.63, 3.8) is 0 Å². The van der Waals surface area contributed by atoms with Crippen molar-refractivity contribution in [2.45, 2.75) is 19.9 Å². The molecule has 1 rings (SSSR count). The average molecular weight is 211 g/mol. The van der Waals surface area contributed by atoms with Gasteiger partial charge in [-0.3, -0.25) is 4.79 Å². The maximum atomic E-state index is 11.3. The molecule has 15 heavy (non-hydrogen) atoms. The second-order valence-electron chi connectivity index (χ2n) is 3.19. The minimum atomic E-state index is -0.0428. The Balaban J connectivity index is 2.04. The second kappa shape index (κ2) is 6.94. The van der Waals surface area contributed by atoms with Gasteiger partial charge in [-0.05, 0) is 13.0 Å². The van der Waals surface area contributed by atoms with Crippen molar-refractivity contribution in [1.29, 1.82) is 0 Å².